The van der Waals surface area contributed by atoms with Gasteiger partial charge in [0.25, 0.3) is 0 Å². The SMILES string of the molecule is CC(SCc1ccccc1)C(=O)NCc1nc(-c2ccc(Cl)cc2)no1. The second-order valence-corrected chi connectivity index (χ2v) is 7.44. The summed E-state index contributed by atoms with van der Waals surface area (Å²) in [6.07, 6.45) is 0. The van der Waals surface area contributed by atoms with Crippen LogP contribution in [0.4, 0.5) is 0 Å². The molecule has 1 heterocycles. The number of nitrogens with zero attached hydrogens (tertiary/aromatic N) is 2. The van der Waals surface area contributed by atoms with Crippen molar-refractivity contribution in [1.29, 1.82) is 0 Å². The number of halogens is 1. The molecule has 0 aliphatic rings. The fourth-order valence-electron chi connectivity index (χ4n) is 2.22. The zero-order chi connectivity index (χ0) is 18.4. The minimum atomic E-state index is -0.172. The van der Waals surface area contributed by atoms with Crippen molar-refractivity contribution in [3.05, 3.63) is 71.1 Å². The third-order valence-electron chi connectivity index (χ3n) is 3.70. The van der Waals surface area contributed by atoms with E-state index in [9.17, 15) is 4.79 Å². The lowest BCUT2D eigenvalue weighted by Gasteiger charge is -2.10. The fraction of sp³-hybridized carbons (Fsp3) is 0.211. The maximum atomic E-state index is 12.2. The first-order valence-corrected chi connectivity index (χ1v) is 9.56. The Kier molecular flexibility index (Phi) is 6.30. The molecule has 3 aromatic rings. The highest BCUT2D eigenvalue weighted by molar-refractivity contribution is 7.99. The molecule has 0 fully saturated rings. The molecule has 1 amide bonds. The van der Waals surface area contributed by atoms with Crippen LogP contribution in [0.2, 0.25) is 5.02 Å². The van der Waals surface area contributed by atoms with Crippen molar-refractivity contribution >= 4 is 29.3 Å². The van der Waals surface area contributed by atoms with Gasteiger partial charge in [-0.05, 0) is 36.8 Å². The molecular weight excluding hydrogens is 370 g/mol. The van der Waals surface area contributed by atoms with Gasteiger partial charge in [0, 0.05) is 16.3 Å². The van der Waals surface area contributed by atoms with Crippen LogP contribution in [0.5, 0.6) is 0 Å². The Labute approximate surface area is 161 Å². The predicted octanol–water partition coefficient (Wildman–Crippen LogP) is 4.33. The largest absolute Gasteiger partial charge is 0.346 e. The smallest absolute Gasteiger partial charge is 0.246 e. The van der Waals surface area contributed by atoms with Crippen LogP contribution in [0, 0.1) is 0 Å². The van der Waals surface area contributed by atoms with Crippen LogP contribution in [0.1, 0.15) is 18.4 Å². The van der Waals surface area contributed by atoms with E-state index >= 15 is 0 Å². The summed E-state index contributed by atoms with van der Waals surface area (Å²) < 4.78 is 5.19. The first-order chi connectivity index (χ1) is 12.6. The monoisotopic (exact) mass is 387 g/mol. The van der Waals surface area contributed by atoms with Gasteiger partial charge in [0.05, 0.1) is 11.8 Å². The van der Waals surface area contributed by atoms with E-state index in [-0.39, 0.29) is 17.7 Å². The van der Waals surface area contributed by atoms with Gasteiger partial charge in [-0.2, -0.15) is 4.98 Å². The van der Waals surface area contributed by atoms with Gasteiger partial charge in [0.2, 0.25) is 17.6 Å². The Morgan fingerprint density at radius 1 is 1.19 bits per heavy atom. The highest BCUT2D eigenvalue weighted by Crippen LogP contribution is 2.19. The number of hydrogen-bond donors (Lipinski definition) is 1. The Hall–Kier alpha value is -2.31. The molecule has 0 spiro atoms. The maximum Gasteiger partial charge on any atom is 0.246 e. The van der Waals surface area contributed by atoms with Crippen molar-refractivity contribution in [2.75, 3.05) is 0 Å². The second kappa shape index (κ2) is 8.87. The lowest BCUT2D eigenvalue weighted by Crippen LogP contribution is -2.30. The molecule has 0 radical (unpaired) electrons. The molecular formula is C19H18ClN3O2S. The third-order valence-corrected chi connectivity index (χ3v) is 5.16. The van der Waals surface area contributed by atoms with Crippen molar-refractivity contribution < 1.29 is 9.32 Å². The van der Waals surface area contributed by atoms with E-state index in [4.69, 9.17) is 16.1 Å². The summed E-state index contributed by atoms with van der Waals surface area (Å²) in [4.78, 5) is 16.5. The van der Waals surface area contributed by atoms with Gasteiger partial charge < -0.3 is 9.84 Å². The third kappa shape index (κ3) is 5.09. The molecule has 0 aliphatic carbocycles. The quantitative estimate of drug-likeness (QED) is 0.653. The Bertz CT molecular complexity index is 853. The van der Waals surface area contributed by atoms with Gasteiger partial charge in [-0.1, -0.05) is 47.1 Å². The number of thioether (sulfide) groups is 1. The highest BCUT2D eigenvalue weighted by atomic mass is 35.5. The summed E-state index contributed by atoms with van der Waals surface area (Å²) in [6.45, 7) is 2.09. The number of carbonyl (C=O) groups is 1. The van der Waals surface area contributed by atoms with Crippen LogP contribution < -0.4 is 5.32 Å². The molecule has 1 unspecified atom stereocenters. The molecule has 7 heteroatoms. The first-order valence-electron chi connectivity index (χ1n) is 8.13. The standard InChI is InChI=1S/C19H18ClN3O2S/c1-13(26-12-14-5-3-2-4-6-14)19(24)21-11-17-22-18(23-25-17)15-7-9-16(20)10-8-15/h2-10,13H,11-12H2,1H3,(H,21,24). The molecule has 2 aromatic carbocycles. The first kappa shape index (κ1) is 18.5. The van der Waals surface area contributed by atoms with Gasteiger partial charge in [0.15, 0.2) is 0 Å². The average Bonchev–Trinajstić information content (AvgIpc) is 3.14. The van der Waals surface area contributed by atoms with Crippen molar-refractivity contribution in [3.63, 3.8) is 0 Å². The van der Waals surface area contributed by atoms with Crippen LogP contribution in [-0.2, 0) is 17.1 Å². The van der Waals surface area contributed by atoms with Gasteiger partial charge >= 0.3 is 0 Å². The molecule has 0 aliphatic heterocycles. The van der Waals surface area contributed by atoms with Gasteiger partial charge in [-0.3, -0.25) is 4.79 Å². The number of rotatable bonds is 7. The molecule has 0 bridgehead atoms. The summed E-state index contributed by atoms with van der Waals surface area (Å²) in [5.74, 6) is 1.56. The summed E-state index contributed by atoms with van der Waals surface area (Å²) in [7, 11) is 0. The zero-order valence-corrected chi connectivity index (χ0v) is 15.8. The van der Waals surface area contributed by atoms with E-state index in [0.29, 0.717) is 16.7 Å². The molecule has 3 rings (SSSR count). The van der Waals surface area contributed by atoms with E-state index in [2.05, 4.69) is 15.5 Å². The lowest BCUT2D eigenvalue weighted by atomic mass is 10.2. The fourth-order valence-corrected chi connectivity index (χ4v) is 3.22. The van der Waals surface area contributed by atoms with Crippen molar-refractivity contribution in [2.45, 2.75) is 24.5 Å². The van der Waals surface area contributed by atoms with Crippen LogP contribution in [0.3, 0.4) is 0 Å². The summed E-state index contributed by atoms with van der Waals surface area (Å²) in [5, 5.41) is 7.23. The van der Waals surface area contributed by atoms with E-state index in [1.165, 1.54) is 5.56 Å². The van der Waals surface area contributed by atoms with Gasteiger partial charge in [-0.15, -0.1) is 11.8 Å². The molecule has 1 N–H and O–H groups in total. The van der Waals surface area contributed by atoms with E-state index in [0.717, 1.165) is 11.3 Å². The van der Waals surface area contributed by atoms with Crippen LogP contribution >= 0.6 is 23.4 Å². The second-order valence-electron chi connectivity index (χ2n) is 5.68. The van der Waals surface area contributed by atoms with Crippen LogP contribution in [-0.4, -0.2) is 21.3 Å². The Morgan fingerprint density at radius 3 is 2.65 bits per heavy atom. The normalized spacial score (nSPS) is 11.9. The number of amides is 1. The highest BCUT2D eigenvalue weighted by Gasteiger charge is 2.15. The van der Waals surface area contributed by atoms with E-state index in [1.54, 1.807) is 23.9 Å². The molecule has 1 atom stereocenters. The molecule has 134 valence electrons. The predicted molar refractivity (Wildman–Crippen MR) is 104 cm³/mol. The number of carbonyl (C=O) groups excluding carboxylic acids is 1. The van der Waals surface area contributed by atoms with Gasteiger partial charge in [0.1, 0.15) is 0 Å². The molecule has 5 nitrogen and oxygen atoms in total. The lowest BCUT2D eigenvalue weighted by molar-refractivity contribution is -0.120. The van der Waals surface area contributed by atoms with Crippen molar-refractivity contribution in [2.24, 2.45) is 0 Å². The van der Waals surface area contributed by atoms with Crippen LogP contribution in [0.15, 0.2) is 59.1 Å². The Balaban J connectivity index is 1.49. The maximum absolute atomic E-state index is 12.2. The summed E-state index contributed by atoms with van der Waals surface area (Å²) in [6, 6.07) is 17.2. The summed E-state index contributed by atoms with van der Waals surface area (Å²) >= 11 is 7.45. The minimum absolute atomic E-state index is 0.0582. The molecule has 0 saturated heterocycles. The average molecular weight is 388 g/mol. The molecule has 26 heavy (non-hydrogen) atoms. The van der Waals surface area contributed by atoms with Crippen molar-refractivity contribution in [1.82, 2.24) is 15.5 Å². The van der Waals surface area contributed by atoms with E-state index < -0.39 is 0 Å². The van der Waals surface area contributed by atoms with E-state index in [1.807, 2.05) is 49.4 Å². The molecule has 1 aromatic heterocycles. The summed E-state index contributed by atoms with van der Waals surface area (Å²) in [5.41, 5.74) is 2.00. The topological polar surface area (TPSA) is 68.0 Å². The molecule has 0 saturated carbocycles. The van der Waals surface area contributed by atoms with Crippen molar-refractivity contribution in [3.8, 4) is 11.4 Å². The number of aromatic nitrogens is 2. The number of nitrogens with one attached hydrogen (secondary N) is 1. The number of hydrogen-bond acceptors (Lipinski definition) is 5. The van der Waals surface area contributed by atoms with Gasteiger partial charge in [-0.25, -0.2) is 0 Å². The zero-order valence-electron chi connectivity index (χ0n) is 14.2. The minimum Gasteiger partial charge on any atom is -0.346 e. The Morgan fingerprint density at radius 2 is 1.92 bits per heavy atom. The number of benzene rings is 2. The van der Waals surface area contributed by atoms with Crippen LogP contribution in [0.25, 0.3) is 11.4 Å².